The van der Waals surface area contributed by atoms with E-state index in [1.54, 1.807) is 0 Å². The molecule has 0 bridgehead atoms. The average Bonchev–Trinajstić information content (AvgIpc) is 2.45. The number of rotatable bonds is 8. The number of hydrogen-bond donors (Lipinski definition) is 2. The third kappa shape index (κ3) is 6.76. The lowest BCUT2D eigenvalue weighted by molar-refractivity contribution is -0.137. The monoisotopic (exact) mass is 365 g/mol. The Kier molecular flexibility index (Phi) is 7.50. The second kappa shape index (κ2) is 8.89. The summed E-state index contributed by atoms with van der Waals surface area (Å²) < 4.78 is 39.0. The second-order valence-electron chi connectivity index (χ2n) is 5.27. The first kappa shape index (κ1) is 20.2. The van der Waals surface area contributed by atoms with Crippen molar-refractivity contribution in [2.45, 2.75) is 25.9 Å². The van der Waals surface area contributed by atoms with Crippen molar-refractivity contribution >= 4 is 29.1 Å². The number of primary amides is 1. The van der Waals surface area contributed by atoms with Gasteiger partial charge in [-0.1, -0.05) is 24.9 Å². The van der Waals surface area contributed by atoms with Gasteiger partial charge < -0.3 is 11.1 Å². The van der Waals surface area contributed by atoms with Crippen LogP contribution in [0.2, 0.25) is 5.02 Å². The Morgan fingerprint density at radius 3 is 2.50 bits per heavy atom. The summed E-state index contributed by atoms with van der Waals surface area (Å²) in [6.07, 6.45) is -3.08. The molecule has 2 amide bonds. The Morgan fingerprint density at radius 2 is 1.96 bits per heavy atom. The number of amides is 2. The van der Waals surface area contributed by atoms with E-state index in [-0.39, 0.29) is 23.8 Å². The summed E-state index contributed by atoms with van der Waals surface area (Å²) in [5, 5.41) is 2.13. The molecular formula is C15H19ClF3N3O2. The van der Waals surface area contributed by atoms with Gasteiger partial charge in [0.05, 0.1) is 24.3 Å². The summed E-state index contributed by atoms with van der Waals surface area (Å²) in [5.74, 6) is -1.28. The molecular weight excluding hydrogens is 347 g/mol. The van der Waals surface area contributed by atoms with Crippen LogP contribution in [-0.4, -0.2) is 36.3 Å². The molecule has 0 radical (unpaired) electrons. The predicted molar refractivity (Wildman–Crippen MR) is 85.6 cm³/mol. The zero-order chi connectivity index (χ0) is 18.3. The standard InChI is InChI=1S/C15H19ClF3N3O2/c1-2-3-6-22(8-13(20)23)9-14(24)21-12-5-4-10(16)7-11(12)15(17,18)19/h4-5,7H,2-3,6,8-9H2,1H3,(H2,20,23)(H,21,24). The molecule has 134 valence electrons. The molecule has 3 N–H and O–H groups in total. The molecule has 0 heterocycles. The van der Waals surface area contributed by atoms with Gasteiger partial charge in [0, 0.05) is 5.02 Å². The van der Waals surface area contributed by atoms with Gasteiger partial charge in [0.1, 0.15) is 0 Å². The molecule has 9 heteroatoms. The van der Waals surface area contributed by atoms with Gasteiger partial charge in [-0.3, -0.25) is 14.5 Å². The van der Waals surface area contributed by atoms with Crippen LogP contribution < -0.4 is 11.1 Å². The topological polar surface area (TPSA) is 75.4 Å². The maximum atomic E-state index is 13.0. The highest BCUT2D eigenvalue weighted by Gasteiger charge is 2.34. The van der Waals surface area contributed by atoms with E-state index in [9.17, 15) is 22.8 Å². The van der Waals surface area contributed by atoms with Crippen LogP contribution in [0, 0.1) is 0 Å². The average molecular weight is 366 g/mol. The van der Waals surface area contributed by atoms with Crippen LogP contribution in [0.5, 0.6) is 0 Å². The number of carbonyl (C=O) groups is 2. The molecule has 0 aromatic heterocycles. The van der Waals surface area contributed by atoms with Gasteiger partial charge >= 0.3 is 6.18 Å². The summed E-state index contributed by atoms with van der Waals surface area (Å²) in [6.45, 7) is 2.01. The Balaban J connectivity index is 2.84. The molecule has 24 heavy (non-hydrogen) atoms. The minimum absolute atomic E-state index is 0.0846. The number of nitrogens with zero attached hydrogens (tertiary/aromatic N) is 1. The van der Waals surface area contributed by atoms with E-state index in [1.165, 1.54) is 11.0 Å². The molecule has 0 unspecified atom stereocenters. The molecule has 0 atom stereocenters. The van der Waals surface area contributed by atoms with E-state index < -0.39 is 23.6 Å². The number of hydrogen-bond acceptors (Lipinski definition) is 3. The van der Waals surface area contributed by atoms with Gasteiger partial charge in [-0.15, -0.1) is 0 Å². The summed E-state index contributed by atoms with van der Waals surface area (Å²) >= 11 is 5.59. The van der Waals surface area contributed by atoms with Crippen LogP contribution in [0.3, 0.4) is 0 Å². The number of nitrogens with one attached hydrogen (secondary N) is 1. The molecule has 0 saturated heterocycles. The zero-order valence-corrected chi connectivity index (χ0v) is 13.9. The minimum atomic E-state index is -4.65. The molecule has 0 fully saturated rings. The molecule has 0 saturated carbocycles. The van der Waals surface area contributed by atoms with E-state index in [0.717, 1.165) is 25.0 Å². The van der Waals surface area contributed by atoms with Crippen LogP contribution in [0.1, 0.15) is 25.3 Å². The normalized spacial score (nSPS) is 11.6. The summed E-state index contributed by atoms with van der Waals surface area (Å²) in [6, 6.07) is 3.09. The lowest BCUT2D eigenvalue weighted by Crippen LogP contribution is -2.39. The van der Waals surface area contributed by atoms with Crippen molar-refractivity contribution in [2.75, 3.05) is 25.0 Å². The van der Waals surface area contributed by atoms with Crippen molar-refractivity contribution in [1.29, 1.82) is 0 Å². The quantitative estimate of drug-likeness (QED) is 0.743. The number of anilines is 1. The fraction of sp³-hybridized carbons (Fsp3) is 0.467. The van der Waals surface area contributed by atoms with Crippen LogP contribution >= 0.6 is 11.6 Å². The fourth-order valence-corrected chi connectivity index (χ4v) is 2.24. The molecule has 5 nitrogen and oxygen atoms in total. The van der Waals surface area contributed by atoms with Crippen LogP contribution in [0.15, 0.2) is 18.2 Å². The fourth-order valence-electron chi connectivity index (χ4n) is 2.07. The van der Waals surface area contributed by atoms with Crippen molar-refractivity contribution in [3.05, 3.63) is 28.8 Å². The van der Waals surface area contributed by atoms with Crippen molar-refractivity contribution in [2.24, 2.45) is 5.73 Å². The lowest BCUT2D eigenvalue weighted by atomic mass is 10.1. The first-order chi connectivity index (χ1) is 11.1. The SMILES string of the molecule is CCCCN(CC(N)=O)CC(=O)Nc1ccc(Cl)cc1C(F)(F)F. The molecule has 0 spiro atoms. The highest BCUT2D eigenvalue weighted by Crippen LogP contribution is 2.36. The first-order valence-electron chi connectivity index (χ1n) is 7.30. The third-order valence-electron chi connectivity index (χ3n) is 3.14. The Bertz CT molecular complexity index is 594. The van der Waals surface area contributed by atoms with E-state index in [4.69, 9.17) is 17.3 Å². The second-order valence-corrected chi connectivity index (χ2v) is 5.70. The third-order valence-corrected chi connectivity index (χ3v) is 3.37. The highest BCUT2D eigenvalue weighted by molar-refractivity contribution is 6.30. The number of unbranched alkanes of at least 4 members (excludes halogenated alkanes) is 1. The summed E-state index contributed by atoms with van der Waals surface area (Å²) in [4.78, 5) is 24.5. The number of alkyl halides is 3. The van der Waals surface area contributed by atoms with Gasteiger partial charge in [-0.2, -0.15) is 13.2 Å². The molecule has 1 rings (SSSR count). The number of benzene rings is 1. The Hall–Kier alpha value is -1.80. The van der Waals surface area contributed by atoms with Crippen molar-refractivity contribution in [1.82, 2.24) is 4.90 Å². The van der Waals surface area contributed by atoms with Crippen LogP contribution in [0.4, 0.5) is 18.9 Å². The molecule has 0 aliphatic heterocycles. The Morgan fingerprint density at radius 1 is 1.29 bits per heavy atom. The number of carbonyl (C=O) groups excluding carboxylic acids is 2. The van der Waals surface area contributed by atoms with Crippen molar-refractivity contribution in [3.8, 4) is 0 Å². The highest BCUT2D eigenvalue weighted by atomic mass is 35.5. The van der Waals surface area contributed by atoms with E-state index in [1.807, 2.05) is 6.92 Å². The predicted octanol–water partition coefficient (Wildman–Crippen LogP) is 2.88. The van der Waals surface area contributed by atoms with Crippen molar-refractivity contribution in [3.63, 3.8) is 0 Å². The molecule has 0 aliphatic rings. The van der Waals surface area contributed by atoms with Gasteiger partial charge in [0.25, 0.3) is 0 Å². The van der Waals surface area contributed by atoms with Crippen LogP contribution in [-0.2, 0) is 15.8 Å². The van der Waals surface area contributed by atoms with E-state index >= 15 is 0 Å². The number of nitrogens with two attached hydrogens (primary N) is 1. The largest absolute Gasteiger partial charge is 0.418 e. The van der Waals surface area contributed by atoms with E-state index in [0.29, 0.717) is 6.54 Å². The minimum Gasteiger partial charge on any atom is -0.369 e. The van der Waals surface area contributed by atoms with Crippen molar-refractivity contribution < 1.29 is 22.8 Å². The maximum Gasteiger partial charge on any atom is 0.418 e. The lowest BCUT2D eigenvalue weighted by Gasteiger charge is -2.20. The molecule has 0 aliphatic carbocycles. The Labute approximate surface area is 142 Å². The van der Waals surface area contributed by atoms with Gasteiger partial charge in [-0.05, 0) is 31.2 Å². The number of halogens is 4. The molecule has 1 aromatic carbocycles. The van der Waals surface area contributed by atoms with Gasteiger partial charge in [0.15, 0.2) is 0 Å². The summed E-state index contributed by atoms with van der Waals surface area (Å²) in [5.41, 5.74) is 3.70. The summed E-state index contributed by atoms with van der Waals surface area (Å²) in [7, 11) is 0. The van der Waals surface area contributed by atoms with Gasteiger partial charge in [-0.25, -0.2) is 0 Å². The molecule has 1 aromatic rings. The smallest absolute Gasteiger partial charge is 0.369 e. The van der Waals surface area contributed by atoms with Gasteiger partial charge in [0.2, 0.25) is 11.8 Å². The first-order valence-corrected chi connectivity index (χ1v) is 7.68. The maximum absolute atomic E-state index is 13.0. The van der Waals surface area contributed by atoms with Crippen LogP contribution in [0.25, 0.3) is 0 Å². The van der Waals surface area contributed by atoms with E-state index in [2.05, 4.69) is 5.32 Å². The zero-order valence-electron chi connectivity index (χ0n) is 13.1.